The Hall–Kier alpha value is -3.82. The van der Waals surface area contributed by atoms with Crippen molar-refractivity contribution >= 4 is 11.8 Å². The molecule has 1 N–H and O–H groups in total. The second kappa shape index (κ2) is 13.0. The van der Waals surface area contributed by atoms with Crippen molar-refractivity contribution in [2.75, 3.05) is 39.8 Å². The number of rotatable bonds is 8. The molecular formula is C31H36FN5O3. The Morgan fingerprint density at radius 2 is 1.88 bits per heavy atom. The van der Waals surface area contributed by atoms with E-state index in [0.29, 0.717) is 44.7 Å². The minimum absolute atomic E-state index is 0.00782. The van der Waals surface area contributed by atoms with Crippen LogP contribution in [0.4, 0.5) is 4.39 Å². The number of methoxy groups -OCH3 is 1. The second-order valence-corrected chi connectivity index (χ2v) is 10.4. The summed E-state index contributed by atoms with van der Waals surface area (Å²) in [6.45, 7) is 4.45. The van der Waals surface area contributed by atoms with Gasteiger partial charge in [-0.1, -0.05) is 24.3 Å². The first-order valence-corrected chi connectivity index (χ1v) is 13.8. The third-order valence-electron chi connectivity index (χ3n) is 7.72. The summed E-state index contributed by atoms with van der Waals surface area (Å²) >= 11 is 0. The summed E-state index contributed by atoms with van der Waals surface area (Å²) in [5.41, 5.74) is 2.49. The molecule has 2 amide bonds. The van der Waals surface area contributed by atoms with Gasteiger partial charge in [-0.05, 0) is 66.9 Å². The molecule has 210 valence electrons. The zero-order chi connectivity index (χ0) is 27.9. The fraction of sp³-hybridized carbons (Fsp3) is 0.387. The van der Waals surface area contributed by atoms with Gasteiger partial charge in [0, 0.05) is 57.7 Å². The fourth-order valence-corrected chi connectivity index (χ4v) is 5.61. The van der Waals surface area contributed by atoms with Gasteiger partial charge in [-0.2, -0.15) is 0 Å². The third-order valence-corrected chi connectivity index (χ3v) is 7.72. The van der Waals surface area contributed by atoms with Crippen LogP contribution in [0.3, 0.4) is 0 Å². The van der Waals surface area contributed by atoms with Crippen molar-refractivity contribution in [1.29, 1.82) is 0 Å². The number of benzene rings is 2. The van der Waals surface area contributed by atoms with Crippen molar-refractivity contribution in [3.05, 3.63) is 95.6 Å². The van der Waals surface area contributed by atoms with Gasteiger partial charge < -0.3 is 19.9 Å². The van der Waals surface area contributed by atoms with Crippen LogP contribution in [-0.4, -0.2) is 83.4 Å². The first kappa shape index (κ1) is 27.7. The highest BCUT2D eigenvalue weighted by atomic mass is 19.1. The van der Waals surface area contributed by atoms with Crippen molar-refractivity contribution < 1.29 is 18.7 Å². The van der Waals surface area contributed by atoms with Crippen LogP contribution < -0.4 is 10.1 Å². The summed E-state index contributed by atoms with van der Waals surface area (Å²) in [6.07, 6.45) is 4.58. The van der Waals surface area contributed by atoms with Crippen LogP contribution >= 0.6 is 0 Å². The molecule has 1 aromatic heterocycles. The molecule has 2 aliphatic heterocycles. The van der Waals surface area contributed by atoms with Gasteiger partial charge >= 0.3 is 0 Å². The van der Waals surface area contributed by atoms with Gasteiger partial charge in [-0.3, -0.25) is 19.5 Å². The number of carbonyl (C=O) groups is 2. The number of hydrogen-bond acceptors (Lipinski definition) is 6. The van der Waals surface area contributed by atoms with E-state index in [1.54, 1.807) is 48.7 Å². The average molecular weight is 546 g/mol. The van der Waals surface area contributed by atoms with Crippen LogP contribution in [0.1, 0.15) is 34.3 Å². The Balaban J connectivity index is 1.45. The highest BCUT2D eigenvalue weighted by Crippen LogP contribution is 2.29. The molecular weight excluding hydrogens is 509 g/mol. The molecule has 2 aliphatic rings. The van der Waals surface area contributed by atoms with Crippen LogP contribution in [0.15, 0.2) is 73.1 Å². The lowest BCUT2D eigenvalue weighted by atomic mass is 10.1. The Morgan fingerprint density at radius 1 is 1.05 bits per heavy atom. The number of likely N-dealkylation sites (tertiary alicyclic amines) is 1. The largest absolute Gasteiger partial charge is 0.497 e. The van der Waals surface area contributed by atoms with Crippen molar-refractivity contribution in [2.24, 2.45) is 0 Å². The molecule has 0 bridgehead atoms. The monoisotopic (exact) mass is 545 g/mol. The van der Waals surface area contributed by atoms with E-state index in [-0.39, 0.29) is 23.7 Å². The maximum atomic E-state index is 13.9. The molecule has 2 unspecified atom stereocenters. The van der Waals surface area contributed by atoms with Crippen LogP contribution in [0.5, 0.6) is 5.75 Å². The van der Waals surface area contributed by atoms with Gasteiger partial charge in [-0.15, -0.1) is 0 Å². The number of ether oxygens (including phenoxy) is 1. The van der Waals surface area contributed by atoms with Gasteiger partial charge in [0.25, 0.3) is 5.91 Å². The first-order chi connectivity index (χ1) is 19.5. The number of halogens is 1. The van der Waals surface area contributed by atoms with E-state index in [4.69, 9.17) is 4.74 Å². The van der Waals surface area contributed by atoms with Crippen LogP contribution in [-0.2, 0) is 17.9 Å². The summed E-state index contributed by atoms with van der Waals surface area (Å²) in [7, 11) is 1.64. The molecule has 0 aliphatic carbocycles. The average Bonchev–Trinajstić information content (AvgIpc) is 3.25. The summed E-state index contributed by atoms with van der Waals surface area (Å²) in [5, 5.41) is 3.35. The van der Waals surface area contributed by atoms with Crippen molar-refractivity contribution in [2.45, 2.75) is 38.0 Å². The number of nitrogens with one attached hydrogen (secondary N) is 1. The molecule has 0 radical (unpaired) electrons. The lowest BCUT2D eigenvalue weighted by Gasteiger charge is -2.29. The minimum Gasteiger partial charge on any atom is -0.497 e. The maximum absolute atomic E-state index is 13.9. The molecule has 2 atom stereocenters. The summed E-state index contributed by atoms with van der Waals surface area (Å²) < 4.78 is 19.1. The highest BCUT2D eigenvalue weighted by molar-refractivity contribution is 5.97. The zero-order valence-electron chi connectivity index (χ0n) is 22.8. The van der Waals surface area contributed by atoms with E-state index < -0.39 is 6.04 Å². The lowest BCUT2D eigenvalue weighted by molar-refractivity contribution is -0.135. The molecule has 40 heavy (non-hydrogen) atoms. The van der Waals surface area contributed by atoms with Crippen molar-refractivity contribution in [1.82, 2.24) is 25.0 Å². The first-order valence-electron chi connectivity index (χ1n) is 13.8. The van der Waals surface area contributed by atoms with Gasteiger partial charge in [0.05, 0.1) is 12.7 Å². The highest BCUT2D eigenvalue weighted by Gasteiger charge is 2.43. The summed E-state index contributed by atoms with van der Waals surface area (Å²) in [6, 6.07) is 17.2. The Bertz CT molecular complexity index is 1280. The Labute approximate surface area is 234 Å². The van der Waals surface area contributed by atoms with E-state index in [9.17, 15) is 14.0 Å². The number of aromatic nitrogens is 1. The summed E-state index contributed by atoms with van der Waals surface area (Å²) in [5.74, 6) is 0.285. The third kappa shape index (κ3) is 6.66. The van der Waals surface area contributed by atoms with E-state index in [2.05, 4.69) is 15.2 Å². The summed E-state index contributed by atoms with van der Waals surface area (Å²) in [4.78, 5) is 37.7. The molecule has 0 spiro atoms. The van der Waals surface area contributed by atoms with Crippen LogP contribution in [0.2, 0.25) is 0 Å². The molecule has 8 nitrogen and oxygen atoms in total. The number of hydrogen-bond donors (Lipinski definition) is 1. The molecule has 3 aromatic rings. The lowest BCUT2D eigenvalue weighted by Crippen LogP contribution is -2.48. The molecule has 9 heteroatoms. The second-order valence-electron chi connectivity index (χ2n) is 10.4. The molecule has 5 rings (SSSR count). The number of nitrogens with zero attached hydrogens (tertiary/aromatic N) is 4. The Morgan fingerprint density at radius 3 is 2.65 bits per heavy atom. The predicted octanol–water partition coefficient (Wildman–Crippen LogP) is 3.34. The van der Waals surface area contributed by atoms with Crippen LogP contribution in [0, 0.1) is 5.82 Å². The van der Waals surface area contributed by atoms with Crippen LogP contribution in [0.25, 0.3) is 0 Å². The van der Waals surface area contributed by atoms with Gasteiger partial charge in [0.2, 0.25) is 5.91 Å². The quantitative estimate of drug-likeness (QED) is 0.468. The molecule has 2 aromatic carbocycles. The molecule has 2 fully saturated rings. The molecule has 0 saturated carbocycles. The standard InChI is InChI=1S/C31H36FN5O3/c1-40-28-7-2-5-24(17-28)21-36(20-23-8-10-26(32)11-9-23)27-18-29(31(39)35-15-4-13-33-14-16-35)37(22-27)30(38)25-6-3-12-34-19-25/h2-3,5-12,17,19,27,29,33H,4,13-16,18,20-22H2,1H3. The predicted molar refractivity (Wildman–Crippen MR) is 150 cm³/mol. The minimum atomic E-state index is -0.572. The van der Waals surface area contributed by atoms with Crippen molar-refractivity contribution in [3.8, 4) is 5.75 Å². The number of carbonyl (C=O) groups excluding carboxylic acids is 2. The normalized spacial score (nSPS) is 19.5. The molecule has 3 heterocycles. The topological polar surface area (TPSA) is 78.0 Å². The van der Waals surface area contributed by atoms with Gasteiger partial charge in [0.1, 0.15) is 17.6 Å². The Kier molecular flexibility index (Phi) is 9.03. The van der Waals surface area contributed by atoms with E-state index in [1.165, 1.54) is 12.1 Å². The van der Waals surface area contributed by atoms with Gasteiger partial charge in [0.15, 0.2) is 0 Å². The van der Waals surface area contributed by atoms with E-state index in [1.807, 2.05) is 29.2 Å². The van der Waals surface area contributed by atoms with E-state index in [0.717, 1.165) is 36.4 Å². The van der Waals surface area contributed by atoms with E-state index >= 15 is 0 Å². The number of pyridine rings is 1. The zero-order valence-corrected chi connectivity index (χ0v) is 22.8. The smallest absolute Gasteiger partial charge is 0.256 e. The fourth-order valence-electron chi connectivity index (χ4n) is 5.61. The molecule has 2 saturated heterocycles. The SMILES string of the molecule is COc1cccc(CN(Cc2ccc(F)cc2)C2CC(C(=O)N3CCCNCC3)N(C(=O)c3cccnc3)C2)c1. The van der Waals surface area contributed by atoms with Gasteiger partial charge in [-0.25, -0.2) is 4.39 Å². The number of amides is 2. The van der Waals surface area contributed by atoms with Crippen molar-refractivity contribution in [3.63, 3.8) is 0 Å². The maximum Gasteiger partial charge on any atom is 0.256 e.